The number of thiocarbonyl (C=S) groups is 1. The van der Waals surface area contributed by atoms with Gasteiger partial charge in [0.2, 0.25) is 0 Å². The maximum Gasteiger partial charge on any atom is 0.303 e. The van der Waals surface area contributed by atoms with Crippen LogP contribution in [-0.2, 0) is 20.9 Å². The number of pyridine rings is 1. The summed E-state index contributed by atoms with van der Waals surface area (Å²) in [6.07, 6.45) is 4.38. The summed E-state index contributed by atoms with van der Waals surface area (Å²) < 4.78 is 8.02. The molecule has 2 aliphatic heterocycles. The first-order valence-corrected chi connectivity index (χ1v) is 13.9. The number of rotatable bonds is 10. The predicted molar refractivity (Wildman–Crippen MR) is 149 cm³/mol. The lowest BCUT2D eigenvalue weighted by molar-refractivity contribution is -0.137. The van der Waals surface area contributed by atoms with Crippen molar-refractivity contribution in [3.63, 3.8) is 0 Å². The molecular formula is C26H34N4O5S2. The summed E-state index contributed by atoms with van der Waals surface area (Å²) in [7, 11) is 0. The second-order valence-corrected chi connectivity index (χ2v) is 11.2. The number of aromatic nitrogens is 1. The smallest absolute Gasteiger partial charge is 0.303 e. The number of unbranched alkanes of at least 4 members (excludes halogenated alkanes) is 2. The molecule has 0 aromatic carbocycles. The Kier molecular flexibility index (Phi) is 9.93. The van der Waals surface area contributed by atoms with Crippen LogP contribution in [0.4, 0.5) is 5.82 Å². The maximum atomic E-state index is 13.3. The molecule has 0 saturated carbocycles. The SMILES string of the molecule is CCCn1c(N2CC(C)OC(C)C2)c(/C=C2/SC(=S)N(CCCCCC(=O)O)C2=O)c(C)c(C#N)c1=O. The zero-order chi connectivity index (χ0) is 27.3. The number of anilines is 1. The average molecular weight is 547 g/mol. The van der Waals surface area contributed by atoms with E-state index in [9.17, 15) is 19.6 Å². The highest BCUT2D eigenvalue weighted by Gasteiger charge is 2.34. The van der Waals surface area contributed by atoms with Crippen molar-refractivity contribution in [2.24, 2.45) is 0 Å². The maximum absolute atomic E-state index is 13.3. The number of aliphatic carboxylic acids is 1. The molecule has 0 radical (unpaired) electrons. The van der Waals surface area contributed by atoms with Gasteiger partial charge >= 0.3 is 5.97 Å². The van der Waals surface area contributed by atoms with E-state index in [-0.39, 0.29) is 35.7 Å². The lowest BCUT2D eigenvalue weighted by Gasteiger charge is -2.39. The molecule has 1 aromatic rings. The highest BCUT2D eigenvalue weighted by atomic mass is 32.2. The van der Waals surface area contributed by atoms with Crippen molar-refractivity contribution in [1.29, 1.82) is 5.26 Å². The molecule has 2 unspecified atom stereocenters. The highest BCUT2D eigenvalue weighted by Crippen LogP contribution is 2.36. The number of hydrogen-bond donors (Lipinski definition) is 1. The first-order valence-electron chi connectivity index (χ1n) is 12.6. The van der Waals surface area contributed by atoms with Gasteiger partial charge in [-0.15, -0.1) is 0 Å². The van der Waals surface area contributed by atoms with Gasteiger partial charge in [-0.25, -0.2) is 0 Å². The van der Waals surface area contributed by atoms with Crippen LogP contribution in [0, 0.1) is 18.3 Å². The van der Waals surface area contributed by atoms with E-state index in [2.05, 4.69) is 11.0 Å². The molecule has 3 heterocycles. The molecule has 0 aliphatic carbocycles. The Morgan fingerprint density at radius 2 is 1.89 bits per heavy atom. The summed E-state index contributed by atoms with van der Waals surface area (Å²) in [4.78, 5) is 41.5. The molecule has 2 atom stereocenters. The summed E-state index contributed by atoms with van der Waals surface area (Å²) in [5, 5.41) is 18.6. The van der Waals surface area contributed by atoms with E-state index in [1.807, 2.05) is 20.8 Å². The fourth-order valence-electron chi connectivity index (χ4n) is 4.81. The van der Waals surface area contributed by atoms with Gasteiger partial charge in [0.05, 0.1) is 17.1 Å². The Labute approximate surface area is 227 Å². The minimum Gasteiger partial charge on any atom is -0.481 e. The molecule has 1 N–H and O–H groups in total. The first kappa shape index (κ1) is 28.9. The molecule has 2 saturated heterocycles. The third-order valence-electron chi connectivity index (χ3n) is 6.43. The van der Waals surface area contributed by atoms with Gasteiger partial charge in [-0.05, 0) is 51.7 Å². The zero-order valence-electron chi connectivity index (χ0n) is 21.8. The van der Waals surface area contributed by atoms with Crippen molar-refractivity contribution in [1.82, 2.24) is 9.47 Å². The van der Waals surface area contributed by atoms with Crippen LogP contribution >= 0.6 is 24.0 Å². The zero-order valence-corrected chi connectivity index (χ0v) is 23.4. The van der Waals surface area contributed by atoms with E-state index in [1.165, 1.54) is 11.8 Å². The molecule has 9 nitrogen and oxygen atoms in total. The standard InChI is InChI=1S/C26H34N4O5S2/c1-5-10-29-23(28-14-16(2)35-17(3)15-28)19(18(4)20(13-27)24(29)33)12-21-25(34)30(26(36)37-21)11-8-6-7-9-22(31)32/h12,16-17H,5-11,14-15H2,1-4H3,(H,31,32)/b21-12+. The van der Waals surface area contributed by atoms with E-state index in [4.69, 9.17) is 22.1 Å². The molecule has 3 rings (SSSR count). The fraction of sp³-hybridized carbons (Fsp3) is 0.577. The number of carboxylic acids is 1. The van der Waals surface area contributed by atoms with E-state index in [1.54, 1.807) is 22.5 Å². The number of amides is 1. The quantitative estimate of drug-likeness (QED) is 0.265. The molecule has 2 aliphatic rings. The number of ether oxygens (including phenoxy) is 1. The number of nitrogens with zero attached hydrogens (tertiary/aromatic N) is 4. The molecule has 1 amide bonds. The third kappa shape index (κ3) is 6.61. The van der Waals surface area contributed by atoms with Gasteiger partial charge in [0, 0.05) is 38.2 Å². The third-order valence-corrected chi connectivity index (χ3v) is 7.81. The van der Waals surface area contributed by atoms with E-state index in [0.29, 0.717) is 78.0 Å². The van der Waals surface area contributed by atoms with Gasteiger partial charge in [0.25, 0.3) is 11.5 Å². The van der Waals surface area contributed by atoms with Crippen LogP contribution in [0.15, 0.2) is 9.70 Å². The summed E-state index contributed by atoms with van der Waals surface area (Å²) in [5.74, 6) is -0.344. The van der Waals surface area contributed by atoms with Crippen LogP contribution in [0.1, 0.15) is 69.6 Å². The van der Waals surface area contributed by atoms with Crippen LogP contribution in [0.3, 0.4) is 0 Å². The Bertz CT molecular complexity index is 1190. The molecule has 1 aromatic heterocycles. The van der Waals surface area contributed by atoms with Gasteiger partial charge < -0.3 is 14.7 Å². The fourth-order valence-corrected chi connectivity index (χ4v) is 6.10. The van der Waals surface area contributed by atoms with Crippen molar-refractivity contribution < 1.29 is 19.4 Å². The van der Waals surface area contributed by atoms with Crippen molar-refractivity contribution in [2.75, 3.05) is 24.5 Å². The monoisotopic (exact) mass is 546 g/mol. The first-order chi connectivity index (χ1) is 17.6. The van der Waals surface area contributed by atoms with Gasteiger partial charge in [0.1, 0.15) is 21.8 Å². The number of thioether (sulfide) groups is 1. The molecule has 200 valence electrons. The lowest BCUT2D eigenvalue weighted by atomic mass is 10.0. The van der Waals surface area contributed by atoms with Gasteiger partial charge in [-0.1, -0.05) is 37.3 Å². The number of carbonyl (C=O) groups is 2. The van der Waals surface area contributed by atoms with Gasteiger partial charge in [-0.2, -0.15) is 5.26 Å². The Balaban J connectivity index is 2.03. The van der Waals surface area contributed by atoms with E-state index < -0.39 is 5.97 Å². The van der Waals surface area contributed by atoms with Crippen LogP contribution in [0.25, 0.3) is 6.08 Å². The number of morpholine rings is 1. The Hall–Kier alpha value is -2.68. The summed E-state index contributed by atoms with van der Waals surface area (Å²) in [5.41, 5.74) is 0.967. The summed E-state index contributed by atoms with van der Waals surface area (Å²) in [6, 6.07) is 2.08. The predicted octanol–water partition coefficient (Wildman–Crippen LogP) is 3.90. The second-order valence-electron chi connectivity index (χ2n) is 9.51. The number of carboxylic acid groups (broad SMARTS) is 1. The lowest BCUT2D eigenvalue weighted by Crippen LogP contribution is -2.48. The molecule has 37 heavy (non-hydrogen) atoms. The van der Waals surface area contributed by atoms with Crippen molar-refractivity contribution in [3.05, 3.63) is 31.9 Å². The Morgan fingerprint density at radius 3 is 2.49 bits per heavy atom. The van der Waals surface area contributed by atoms with Crippen LogP contribution in [0.5, 0.6) is 0 Å². The molecule has 0 spiro atoms. The van der Waals surface area contributed by atoms with Crippen LogP contribution in [-0.4, -0.2) is 62.6 Å². The number of nitriles is 1. The number of carbonyl (C=O) groups excluding carboxylic acids is 1. The summed E-state index contributed by atoms with van der Waals surface area (Å²) >= 11 is 6.70. The normalized spacial score (nSPS) is 21.1. The summed E-state index contributed by atoms with van der Waals surface area (Å²) in [6.45, 7) is 9.74. The van der Waals surface area contributed by atoms with Crippen LogP contribution in [0.2, 0.25) is 0 Å². The van der Waals surface area contributed by atoms with Gasteiger partial charge in [-0.3, -0.25) is 23.9 Å². The Morgan fingerprint density at radius 1 is 1.22 bits per heavy atom. The van der Waals surface area contributed by atoms with Crippen molar-refractivity contribution in [3.8, 4) is 6.07 Å². The molecule has 2 fully saturated rings. The van der Waals surface area contributed by atoms with Gasteiger partial charge in [0.15, 0.2) is 0 Å². The van der Waals surface area contributed by atoms with Crippen molar-refractivity contribution in [2.45, 2.75) is 78.6 Å². The van der Waals surface area contributed by atoms with Crippen LogP contribution < -0.4 is 10.5 Å². The van der Waals surface area contributed by atoms with E-state index >= 15 is 0 Å². The largest absolute Gasteiger partial charge is 0.481 e. The minimum absolute atomic E-state index is 0.0444. The molecule has 11 heteroatoms. The molecular weight excluding hydrogens is 512 g/mol. The average Bonchev–Trinajstić information content (AvgIpc) is 3.08. The highest BCUT2D eigenvalue weighted by molar-refractivity contribution is 8.26. The minimum atomic E-state index is -0.829. The second kappa shape index (κ2) is 12.7. The van der Waals surface area contributed by atoms with E-state index in [0.717, 1.165) is 0 Å². The number of hydrogen-bond acceptors (Lipinski definition) is 8. The van der Waals surface area contributed by atoms with Crippen molar-refractivity contribution >= 4 is 52.1 Å². The molecule has 0 bridgehead atoms. The topological polar surface area (TPSA) is 116 Å².